The van der Waals surface area contributed by atoms with E-state index in [1.165, 1.54) is 0 Å². The van der Waals surface area contributed by atoms with Crippen LogP contribution in [-0.2, 0) is 0 Å². The van der Waals surface area contributed by atoms with E-state index in [-0.39, 0.29) is 12.1 Å². The van der Waals surface area contributed by atoms with Gasteiger partial charge in [0.05, 0.1) is 0 Å². The number of likely N-dealkylation sites (tertiary alicyclic amines) is 1. The van der Waals surface area contributed by atoms with Crippen LogP contribution in [-0.4, -0.2) is 37.6 Å². The van der Waals surface area contributed by atoms with E-state index in [1.54, 1.807) is 0 Å². The Bertz CT molecular complexity index is 450. The molecule has 0 saturated carbocycles. The molecular weight excluding hydrogens is 264 g/mol. The Hall–Kier alpha value is -1.59. The maximum absolute atomic E-state index is 11.9. The largest absolute Gasteiger partial charge is 0.338 e. The summed E-state index contributed by atoms with van der Waals surface area (Å²) in [6.07, 6.45) is 2.31. The first-order valence-corrected chi connectivity index (χ1v) is 7.63. The monoisotopic (exact) mass is 290 g/mol. The van der Waals surface area contributed by atoms with Crippen LogP contribution in [0.1, 0.15) is 31.4 Å². The van der Waals surface area contributed by atoms with Gasteiger partial charge < -0.3 is 21.3 Å². The Labute approximate surface area is 126 Å². The SMILES string of the molecule is CC(N)c1ccc(NC(=O)NCC2CCN(C)CC2)cc1. The topological polar surface area (TPSA) is 70.4 Å². The van der Waals surface area contributed by atoms with E-state index < -0.39 is 0 Å². The molecule has 1 unspecified atom stereocenters. The van der Waals surface area contributed by atoms with Crippen LogP contribution in [0, 0.1) is 5.92 Å². The molecule has 4 N–H and O–H groups in total. The molecule has 1 aromatic rings. The number of amides is 2. The number of nitrogens with one attached hydrogen (secondary N) is 2. The summed E-state index contributed by atoms with van der Waals surface area (Å²) in [4.78, 5) is 14.2. The van der Waals surface area contributed by atoms with Gasteiger partial charge in [0.2, 0.25) is 0 Å². The highest BCUT2D eigenvalue weighted by atomic mass is 16.2. The minimum Gasteiger partial charge on any atom is -0.338 e. The lowest BCUT2D eigenvalue weighted by molar-refractivity contribution is 0.213. The molecule has 0 radical (unpaired) electrons. The van der Waals surface area contributed by atoms with Crippen LogP contribution >= 0.6 is 0 Å². The lowest BCUT2D eigenvalue weighted by atomic mass is 9.97. The van der Waals surface area contributed by atoms with E-state index >= 15 is 0 Å². The van der Waals surface area contributed by atoms with Gasteiger partial charge in [-0.3, -0.25) is 0 Å². The van der Waals surface area contributed by atoms with Crippen molar-refractivity contribution in [3.63, 3.8) is 0 Å². The van der Waals surface area contributed by atoms with Crippen molar-refractivity contribution < 1.29 is 4.79 Å². The second-order valence-corrected chi connectivity index (χ2v) is 5.99. The zero-order valence-electron chi connectivity index (χ0n) is 12.9. The molecule has 21 heavy (non-hydrogen) atoms. The van der Waals surface area contributed by atoms with E-state index in [1.807, 2.05) is 31.2 Å². The van der Waals surface area contributed by atoms with Gasteiger partial charge in [0.25, 0.3) is 0 Å². The summed E-state index contributed by atoms with van der Waals surface area (Å²) >= 11 is 0. The molecule has 1 saturated heterocycles. The van der Waals surface area contributed by atoms with Crippen molar-refractivity contribution in [3.8, 4) is 0 Å². The van der Waals surface area contributed by atoms with Crippen LogP contribution in [0.5, 0.6) is 0 Å². The van der Waals surface area contributed by atoms with Crippen molar-refractivity contribution in [2.45, 2.75) is 25.8 Å². The summed E-state index contributed by atoms with van der Waals surface area (Å²) in [6.45, 7) is 4.92. The van der Waals surface area contributed by atoms with Gasteiger partial charge in [-0.05, 0) is 63.5 Å². The predicted molar refractivity (Wildman–Crippen MR) is 86.3 cm³/mol. The van der Waals surface area contributed by atoms with Gasteiger partial charge in [0.15, 0.2) is 0 Å². The first kappa shape index (κ1) is 15.8. The highest BCUT2D eigenvalue weighted by molar-refractivity contribution is 5.89. The lowest BCUT2D eigenvalue weighted by Crippen LogP contribution is -2.38. The van der Waals surface area contributed by atoms with Crippen molar-refractivity contribution in [2.24, 2.45) is 11.7 Å². The average Bonchev–Trinajstić information content (AvgIpc) is 2.47. The quantitative estimate of drug-likeness (QED) is 0.796. The van der Waals surface area contributed by atoms with Crippen LogP contribution < -0.4 is 16.4 Å². The van der Waals surface area contributed by atoms with Crippen LogP contribution in [0.15, 0.2) is 24.3 Å². The molecule has 116 valence electrons. The number of piperidine rings is 1. The van der Waals surface area contributed by atoms with E-state index in [9.17, 15) is 4.79 Å². The summed E-state index contributed by atoms with van der Waals surface area (Å²) in [7, 11) is 2.14. The molecule has 1 fully saturated rings. The smallest absolute Gasteiger partial charge is 0.319 e. The third kappa shape index (κ3) is 5.02. The number of carbonyl (C=O) groups excluding carboxylic acids is 1. The van der Waals surface area contributed by atoms with Crippen molar-refractivity contribution in [2.75, 3.05) is 32.0 Å². The summed E-state index contributed by atoms with van der Waals surface area (Å²) in [5, 5.41) is 5.81. The van der Waals surface area contributed by atoms with E-state index in [4.69, 9.17) is 5.73 Å². The fourth-order valence-electron chi connectivity index (χ4n) is 2.55. The molecule has 1 heterocycles. The maximum Gasteiger partial charge on any atom is 0.319 e. The molecular formula is C16H26N4O. The molecule has 1 aromatic carbocycles. The maximum atomic E-state index is 11.9. The van der Waals surface area contributed by atoms with Gasteiger partial charge in [-0.2, -0.15) is 0 Å². The minimum atomic E-state index is -0.137. The number of hydrogen-bond donors (Lipinski definition) is 3. The predicted octanol–water partition coefficient (Wildman–Crippen LogP) is 2.17. The van der Waals surface area contributed by atoms with Gasteiger partial charge in [-0.1, -0.05) is 12.1 Å². The Morgan fingerprint density at radius 3 is 2.52 bits per heavy atom. The van der Waals surface area contributed by atoms with E-state index in [0.717, 1.165) is 43.7 Å². The number of nitrogens with zero attached hydrogens (tertiary/aromatic N) is 1. The molecule has 0 bridgehead atoms. The summed E-state index contributed by atoms with van der Waals surface area (Å²) in [5.41, 5.74) is 7.66. The Morgan fingerprint density at radius 2 is 1.95 bits per heavy atom. The third-order valence-electron chi connectivity index (χ3n) is 4.08. The van der Waals surface area contributed by atoms with Gasteiger partial charge >= 0.3 is 6.03 Å². The molecule has 0 aliphatic carbocycles. The minimum absolute atomic E-state index is 0.0114. The molecule has 0 spiro atoms. The number of nitrogens with two attached hydrogens (primary N) is 1. The number of anilines is 1. The molecule has 2 amide bonds. The van der Waals surface area contributed by atoms with Crippen molar-refractivity contribution in [3.05, 3.63) is 29.8 Å². The first-order valence-electron chi connectivity index (χ1n) is 7.63. The molecule has 1 aliphatic rings. The van der Waals surface area contributed by atoms with Gasteiger partial charge in [-0.15, -0.1) is 0 Å². The summed E-state index contributed by atoms with van der Waals surface area (Å²) in [5.74, 6) is 0.590. The first-order chi connectivity index (χ1) is 10.0. The molecule has 1 atom stereocenters. The lowest BCUT2D eigenvalue weighted by Gasteiger charge is -2.28. The van der Waals surface area contributed by atoms with Crippen molar-refractivity contribution in [1.29, 1.82) is 0 Å². The van der Waals surface area contributed by atoms with Crippen LogP contribution in [0.25, 0.3) is 0 Å². The number of carbonyl (C=O) groups is 1. The number of hydrogen-bond acceptors (Lipinski definition) is 3. The Balaban J connectivity index is 1.74. The van der Waals surface area contributed by atoms with Gasteiger partial charge in [0.1, 0.15) is 0 Å². The third-order valence-corrected chi connectivity index (χ3v) is 4.08. The second-order valence-electron chi connectivity index (χ2n) is 5.99. The fourth-order valence-corrected chi connectivity index (χ4v) is 2.55. The fraction of sp³-hybridized carbons (Fsp3) is 0.562. The second kappa shape index (κ2) is 7.43. The molecule has 0 aromatic heterocycles. The van der Waals surface area contributed by atoms with Crippen molar-refractivity contribution in [1.82, 2.24) is 10.2 Å². The van der Waals surface area contributed by atoms with Crippen LogP contribution in [0.2, 0.25) is 0 Å². The number of benzene rings is 1. The number of rotatable bonds is 4. The Morgan fingerprint density at radius 1 is 1.33 bits per heavy atom. The number of urea groups is 1. The zero-order valence-corrected chi connectivity index (χ0v) is 12.9. The van der Waals surface area contributed by atoms with Gasteiger partial charge in [-0.25, -0.2) is 4.79 Å². The normalized spacial score (nSPS) is 18.2. The molecule has 1 aliphatic heterocycles. The highest BCUT2D eigenvalue weighted by Gasteiger charge is 2.17. The highest BCUT2D eigenvalue weighted by Crippen LogP contribution is 2.16. The summed E-state index contributed by atoms with van der Waals surface area (Å²) < 4.78 is 0. The van der Waals surface area contributed by atoms with Crippen molar-refractivity contribution >= 4 is 11.7 Å². The van der Waals surface area contributed by atoms with E-state index in [2.05, 4.69) is 22.6 Å². The Kier molecular flexibility index (Phi) is 5.59. The van der Waals surface area contributed by atoms with Crippen LogP contribution in [0.4, 0.5) is 10.5 Å². The zero-order chi connectivity index (χ0) is 15.2. The molecule has 5 heteroatoms. The molecule has 5 nitrogen and oxygen atoms in total. The summed E-state index contributed by atoms with van der Waals surface area (Å²) in [6, 6.07) is 7.52. The standard InChI is InChI=1S/C16H26N4O/c1-12(17)14-3-5-15(6-4-14)19-16(21)18-11-13-7-9-20(2)10-8-13/h3-6,12-13H,7-11,17H2,1-2H3,(H2,18,19,21). The average molecular weight is 290 g/mol. The van der Waals surface area contributed by atoms with E-state index in [0.29, 0.717) is 5.92 Å². The molecule has 2 rings (SSSR count). The van der Waals surface area contributed by atoms with Gasteiger partial charge in [0, 0.05) is 18.3 Å². The van der Waals surface area contributed by atoms with Crippen LogP contribution in [0.3, 0.4) is 0 Å².